The van der Waals surface area contributed by atoms with Crippen molar-refractivity contribution in [3.8, 4) is 0 Å². The van der Waals surface area contributed by atoms with Gasteiger partial charge in [-0.25, -0.2) is 4.98 Å². The number of fused-ring (bicyclic) bond motifs is 1. The number of aromatic nitrogens is 1. The van der Waals surface area contributed by atoms with Gasteiger partial charge in [0.1, 0.15) is 11.9 Å². The minimum Gasteiger partial charge on any atom is -0.368 e. The number of hydrogen-bond donors (Lipinski definition) is 1. The molecular weight excluding hydrogens is 392 g/mol. The number of piperazine rings is 1. The van der Waals surface area contributed by atoms with E-state index in [1.54, 1.807) is 0 Å². The number of amides is 1. The van der Waals surface area contributed by atoms with Crippen LogP contribution in [0.1, 0.15) is 18.4 Å². The molecule has 8 nitrogen and oxygen atoms in total. The molecule has 0 saturated carbocycles. The van der Waals surface area contributed by atoms with Crippen LogP contribution >= 0.6 is 0 Å². The van der Waals surface area contributed by atoms with Crippen molar-refractivity contribution in [1.82, 2.24) is 20.1 Å². The quantitative estimate of drug-likeness (QED) is 0.595. The summed E-state index contributed by atoms with van der Waals surface area (Å²) in [5, 5.41) is 4.66. The Morgan fingerprint density at radius 1 is 1.23 bits per heavy atom. The minimum atomic E-state index is -0.241. The highest BCUT2D eigenvalue weighted by molar-refractivity contribution is 5.86. The van der Waals surface area contributed by atoms with Gasteiger partial charge in [-0.1, -0.05) is 18.2 Å². The van der Waals surface area contributed by atoms with Gasteiger partial charge in [0, 0.05) is 65.9 Å². The second-order valence-electron chi connectivity index (χ2n) is 8.27. The van der Waals surface area contributed by atoms with Gasteiger partial charge in [-0.05, 0) is 30.5 Å². The van der Waals surface area contributed by atoms with Gasteiger partial charge in [0.15, 0.2) is 5.96 Å². The predicted octanol–water partition coefficient (Wildman–Crippen LogP) is 1.70. The topological polar surface area (TPSA) is 73.3 Å². The second-order valence-corrected chi connectivity index (χ2v) is 8.27. The van der Waals surface area contributed by atoms with Gasteiger partial charge >= 0.3 is 0 Å². The molecule has 2 fully saturated rings. The van der Waals surface area contributed by atoms with Crippen LogP contribution in [0.25, 0.3) is 10.9 Å². The second kappa shape index (κ2) is 9.51. The van der Waals surface area contributed by atoms with Gasteiger partial charge in [0.05, 0.1) is 5.52 Å². The van der Waals surface area contributed by atoms with E-state index < -0.39 is 0 Å². The molecule has 166 valence electrons. The zero-order valence-corrected chi connectivity index (χ0v) is 18.7. The fourth-order valence-corrected chi connectivity index (χ4v) is 4.23. The first-order valence-electron chi connectivity index (χ1n) is 11.0. The molecule has 2 aromatic rings. The number of rotatable bonds is 4. The van der Waals surface area contributed by atoms with E-state index in [2.05, 4.69) is 27.3 Å². The summed E-state index contributed by atoms with van der Waals surface area (Å²) < 4.78 is 5.56. The lowest BCUT2D eigenvalue weighted by atomic mass is 10.1. The Morgan fingerprint density at radius 3 is 2.65 bits per heavy atom. The van der Waals surface area contributed by atoms with E-state index in [4.69, 9.17) is 9.72 Å². The van der Waals surface area contributed by atoms with Crippen molar-refractivity contribution in [3.63, 3.8) is 0 Å². The Kier molecular flexibility index (Phi) is 6.56. The Bertz CT molecular complexity index is 946. The van der Waals surface area contributed by atoms with Crippen LogP contribution in [0.3, 0.4) is 0 Å². The van der Waals surface area contributed by atoms with Crippen molar-refractivity contribution in [2.75, 3.05) is 58.8 Å². The Balaban J connectivity index is 1.40. The zero-order valence-electron chi connectivity index (χ0n) is 18.7. The molecule has 3 heterocycles. The molecule has 1 atom stereocenters. The highest BCUT2D eigenvalue weighted by atomic mass is 16.5. The molecule has 0 radical (unpaired) electrons. The van der Waals surface area contributed by atoms with Gasteiger partial charge in [0.25, 0.3) is 5.91 Å². The number of aliphatic imine (C=N–C) groups is 1. The fourth-order valence-electron chi connectivity index (χ4n) is 4.23. The van der Waals surface area contributed by atoms with E-state index in [-0.39, 0.29) is 12.0 Å². The van der Waals surface area contributed by atoms with Gasteiger partial charge in [-0.3, -0.25) is 9.79 Å². The third kappa shape index (κ3) is 4.74. The highest BCUT2D eigenvalue weighted by Gasteiger charge is 2.30. The summed E-state index contributed by atoms with van der Waals surface area (Å²) in [6.07, 6.45) is 1.58. The molecule has 0 spiro atoms. The lowest BCUT2D eigenvalue weighted by Crippen LogP contribution is -2.55. The van der Waals surface area contributed by atoms with E-state index in [0.717, 1.165) is 48.6 Å². The number of nitrogens with one attached hydrogen (secondary N) is 1. The van der Waals surface area contributed by atoms with Crippen molar-refractivity contribution in [1.29, 1.82) is 0 Å². The van der Waals surface area contributed by atoms with Crippen LogP contribution in [0.2, 0.25) is 0 Å². The molecule has 0 bridgehead atoms. The fraction of sp³-hybridized carbons (Fsp3) is 0.522. The smallest absolute Gasteiger partial charge is 0.251 e. The molecular formula is C23H32N6O2. The summed E-state index contributed by atoms with van der Waals surface area (Å²) in [5.74, 6) is 1.93. The van der Waals surface area contributed by atoms with Crippen LogP contribution in [-0.2, 0) is 16.1 Å². The number of guanidine groups is 1. The maximum Gasteiger partial charge on any atom is 0.251 e. The lowest BCUT2D eigenvalue weighted by molar-refractivity contribution is -0.142. The van der Waals surface area contributed by atoms with E-state index in [0.29, 0.717) is 26.2 Å². The van der Waals surface area contributed by atoms with E-state index in [1.807, 2.05) is 49.1 Å². The monoisotopic (exact) mass is 424 g/mol. The maximum atomic E-state index is 12.6. The Hall–Kier alpha value is -2.87. The normalized spacial score (nSPS) is 19.7. The third-order valence-electron chi connectivity index (χ3n) is 5.99. The summed E-state index contributed by atoms with van der Waals surface area (Å²) in [4.78, 5) is 28.0. The van der Waals surface area contributed by atoms with Crippen molar-refractivity contribution < 1.29 is 9.53 Å². The van der Waals surface area contributed by atoms with Crippen molar-refractivity contribution in [3.05, 3.63) is 35.9 Å². The number of pyridine rings is 1. The molecule has 2 saturated heterocycles. The molecule has 1 aromatic carbocycles. The van der Waals surface area contributed by atoms with Crippen LogP contribution in [0.5, 0.6) is 0 Å². The SMILES string of the molecule is CN=C(NCc1cc(N(C)C)nc2ccccc12)N1CCN(C(=O)C2CCCO2)CC1. The van der Waals surface area contributed by atoms with E-state index >= 15 is 0 Å². The van der Waals surface area contributed by atoms with E-state index in [9.17, 15) is 4.79 Å². The first kappa shape index (κ1) is 21.4. The molecule has 2 aliphatic heterocycles. The number of carbonyl (C=O) groups excluding carboxylic acids is 1. The first-order valence-corrected chi connectivity index (χ1v) is 11.0. The average Bonchev–Trinajstić information content (AvgIpc) is 3.34. The number of anilines is 1. The zero-order chi connectivity index (χ0) is 21.8. The number of para-hydroxylation sites is 1. The largest absolute Gasteiger partial charge is 0.368 e. The minimum absolute atomic E-state index is 0.138. The third-order valence-corrected chi connectivity index (χ3v) is 5.99. The summed E-state index contributed by atoms with van der Waals surface area (Å²) in [5.41, 5.74) is 2.17. The number of carbonyl (C=O) groups is 1. The number of nitrogens with zero attached hydrogens (tertiary/aromatic N) is 5. The van der Waals surface area contributed by atoms with Crippen molar-refractivity contribution in [2.24, 2.45) is 4.99 Å². The summed E-state index contributed by atoms with van der Waals surface area (Å²) in [6.45, 7) is 4.28. The van der Waals surface area contributed by atoms with Gasteiger partial charge in [-0.2, -0.15) is 0 Å². The van der Waals surface area contributed by atoms with Crippen LogP contribution in [0.15, 0.2) is 35.3 Å². The molecule has 2 aliphatic rings. The molecule has 1 N–H and O–H groups in total. The molecule has 4 rings (SSSR count). The van der Waals surface area contributed by atoms with Crippen molar-refractivity contribution >= 4 is 28.6 Å². The molecule has 31 heavy (non-hydrogen) atoms. The Morgan fingerprint density at radius 2 is 1.97 bits per heavy atom. The molecule has 0 aliphatic carbocycles. The molecule has 1 aromatic heterocycles. The number of ether oxygens (including phenoxy) is 1. The molecule has 1 amide bonds. The standard InChI is InChI=1S/C23H32N6O2/c1-24-23(29-12-10-28(11-13-29)22(30)20-9-6-14-31-20)25-16-17-15-21(27(2)3)26-19-8-5-4-7-18(17)19/h4-5,7-8,15,20H,6,9-14,16H2,1-3H3,(H,24,25). The Labute approximate surface area is 183 Å². The number of hydrogen-bond acceptors (Lipinski definition) is 5. The lowest BCUT2D eigenvalue weighted by Gasteiger charge is -2.37. The predicted molar refractivity (Wildman–Crippen MR) is 123 cm³/mol. The van der Waals surface area contributed by atoms with Crippen LogP contribution in [-0.4, -0.2) is 86.7 Å². The van der Waals surface area contributed by atoms with Crippen LogP contribution in [0, 0.1) is 0 Å². The van der Waals surface area contributed by atoms with Crippen LogP contribution in [0.4, 0.5) is 5.82 Å². The van der Waals surface area contributed by atoms with Gasteiger partial charge in [0.2, 0.25) is 0 Å². The summed E-state index contributed by atoms with van der Waals surface area (Å²) >= 11 is 0. The van der Waals surface area contributed by atoms with Gasteiger partial charge in [-0.15, -0.1) is 0 Å². The van der Waals surface area contributed by atoms with Gasteiger partial charge < -0.3 is 24.8 Å². The molecule has 8 heteroatoms. The summed E-state index contributed by atoms with van der Waals surface area (Å²) in [6, 6.07) is 10.3. The average molecular weight is 425 g/mol. The number of benzene rings is 1. The summed E-state index contributed by atoms with van der Waals surface area (Å²) in [7, 11) is 5.82. The van der Waals surface area contributed by atoms with Crippen LogP contribution < -0.4 is 10.2 Å². The molecule has 1 unspecified atom stereocenters. The first-order chi connectivity index (χ1) is 15.1. The highest BCUT2D eigenvalue weighted by Crippen LogP contribution is 2.22. The maximum absolute atomic E-state index is 12.6. The van der Waals surface area contributed by atoms with Crippen molar-refractivity contribution in [2.45, 2.75) is 25.5 Å². The van der Waals surface area contributed by atoms with E-state index in [1.165, 1.54) is 5.56 Å².